The van der Waals surface area contributed by atoms with Crippen molar-refractivity contribution < 1.29 is 0 Å². The molecule has 1 aliphatic rings. The molecule has 0 amide bonds. The zero-order chi connectivity index (χ0) is 12.8. The molecule has 0 aromatic heterocycles. The normalized spacial score (nSPS) is 17.8. The molecule has 3 nitrogen and oxygen atoms in total. The lowest BCUT2D eigenvalue weighted by Crippen LogP contribution is -2.33. The van der Waals surface area contributed by atoms with Gasteiger partial charge < -0.3 is 5.43 Å². The van der Waals surface area contributed by atoms with E-state index in [4.69, 9.17) is 22.4 Å². The Morgan fingerprint density at radius 1 is 1.28 bits per heavy atom. The summed E-state index contributed by atoms with van der Waals surface area (Å²) in [5.41, 5.74) is 3.78. The Bertz CT molecular complexity index is 411. The Morgan fingerprint density at radius 2 is 2.00 bits per heavy atom. The minimum atomic E-state index is 0.423. The fourth-order valence-electron chi connectivity index (χ4n) is 2.39. The SMILES string of the molecule is NNC(Cc1ccccc1Cl)=NC1CCCCC1. The first-order valence-electron chi connectivity index (χ1n) is 6.56. The number of nitrogens with one attached hydrogen (secondary N) is 1. The lowest BCUT2D eigenvalue weighted by atomic mass is 9.96. The number of amidine groups is 1. The molecule has 0 atom stereocenters. The molecule has 0 aliphatic heterocycles. The standard InChI is InChI=1S/C14H20ClN3/c15-13-9-5-4-6-11(13)10-14(18-16)17-12-7-2-1-3-8-12/h4-6,9,12H,1-3,7-8,10,16H2,(H,17,18). The van der Waals surface area contributed by atoms with Gasteiger partial charge in [-0.2, -0.15) is 0 Å². The maximum atomic E-state index is 6.14. The van der Waals surface area contributed by atoms with Gasteiger partial charge in [0.2, 0.25) is 0 Å². The first kappa shape index (κ1) is 13.4. The third kappa shape index (κ3) is 3.72. The zero-order valence-corrected chi connectivity index (χ0v) is 11.3. The molecule has 1 aliphatic carbocycles. The van der Waals surface area contributed by atoms with Crippen molar-refractivity contribution in [3.8, 4) is 0 Å². The van der Waals surface area contributed by atoms with Crippen LogP contribution in [0.4, 0.5) is 0 Å². The summed E-state index contributed by atoms with van der Waals surface area (Å²) in [4.78, 5) is 4.71. The molecule has 1 aromatic carbocycles. The van der Waals surface area contributed by atoms with Gasteiger partial charge in [-0.3, -0.25) is 4.99 Å². The van der Waals surface area contributed by atoms with E-state index in [-0.39, 0.29) is 0 Å². The van der Waals surface area contributed by atoms with E-state index in [2.05, 4.69) is 5.43 Å². The maximum absolute atomic E-state index is 6.14. The van der Waals surface area contributed by atoms with Gasteiger partial charge in [0, 0.05) is 11.4 Å². The van der Waals surface area contributed by atoms with E-state index in [1.54, 1.807) is 0 Å². The number of aliphatic imine (C=N–C) groups is 1. The smallest absolute Gasteiger partial charge is 0.115 e. The number of hydrogen-bond acceptors (Lipinski definition) is 2. The molecule has 1 aromatic rings. The van der Waals surface area contributed by atoms with Crippen molar-refractivity contribution in [3.05, 3.63) is 34.9 Å². The minimum Gasteiger partial charge on any atom is -0.312 e. The Hall–Kier alpha value is -1.06. The van der Waals surface area contributed by atoms with Crippen molar-refractivity contribution in [1.82, 2.24) is 5.43 Å². The quantitative estimate of drug-likeness (QED) is 0.382. The van der Waals surface area contributed by atoms with Crippen molar-refractivity contribution in [2.45, 2.75) is 44.6 Å². The van der Waals surface area contributed by atoms with Gasteiger partial charge in [-0.15, -0.1) is 0 Å². The summed E-state index contributed by atoms with van der Waals surface area (Å²) in [6.07, 6.45) is 6.91. The van der Waals surface area contributed by atoms with Crippen molar-refractivity contribution in [2.24, 2.45) is 10.8 Å². The second-order valence-electron chi connectivity index (χ2n) is 4.78. The van der Waals surface area contributed by atoms with E-state index in [9.17, 15) is 0 Å². The van der Waals surface area contributed by atoms with Crippen molar-refractivity contribution in [1.29, 1.82) is 0 Å². The summed E-state index contributed by atoms with van der Waals surface area (Å²) in [5.74, 6) is 6.39. The highest BCUT2D eigenvalue weighted by atomic mass is 35.5. The van der Waals surface area contributed by atoms with Gasteiger partial charge in [0.05, 0.1) is 6.04 Å². The second-order valence-corrected chi connectivity index (χ2v) is 5.19. The molecule has 1 fully saturated rings. The number of halogens is 1. The van der Waals surface area contributed by atoms with Crippen LogP contribution in [-0.4, -0.2) is 11.9 Å². The number of hydrazine groups is 1. The summed E-state index contributed by atoms with van der Waals surface area (Å²) in [6, 6.07) is 8.24. The van der Waals surface area contributed by atoms with E-state index in [0.717, 1.165) is 16.4 Å². The molecule has 0 unspecified atom stereocenters. The van der Waals surface area contributed by atoms with Crippen LogP contribution >= 0.6 is 11.6 Å². The fraction of sp³-hybridized carbons (Fsp3) is 0.500. The summed E-state index contributed by atoms with van der Waals surface area (Å²) in [7, 11) is 0. The summed E-state index contributed by atoms with van der Waals surface area (Å²) >= 11 is 6.14. The molecule has 4 heteroatoms. The van der Waals surface area contributed by atoms with Gasteiger partial charge in [0.1, 0.15) is 5.84 Å². The molecule has 3 N–H and O–H groups in total. The number of benzene rings is 1. The largest absolute Gasteiger partial charge is 0.312 e. The maximum Gasteiger partial charge on any atom is 0.115 e. The van der Waals surface area contributed by atoms with Crippen LogP contribution in [0.1, 0.15) is 37.7 Å². The van der Waals surface area contributed by atoms with Crippen molar-refractivity contribution >= 4 is 17.4 Å². The molecule has 0 heterocycles. The molecule has 98 valence electrons. The molecule has 18 heavy (non-hydrogen) atoms. The fourth-order valence-corrected chi connectivity index (χ4v) is 2.59. The Kier molecular flexibility index (Phi) is 5.02. The third-order valence-electron chi connectivity index (χ3n) is 3.40. The molecular formula is C14H20ClN3. The monoisotopic (exact) mass is 265 g/mol. The Morgan fingerprint density at radius 3 is 2.67 bits per heavy atom. The number of nitrogens with zero attached hydrogens (tertiary/aromatic N) is 1. The summed E-state index contributed by atoms with van der Waals surface area (Å²) in [5, 5.41) is 0.768. The van der Waals surface area contributed by atoms with Gasteiger partial charge >= 0.3 is 0 Å². The summed E-state index contributed by atoms with van der Waals surface area (Å²) in [6.45, 7) is 0. The van der Waals surface area contributed by atoms with Crippen molar-refractivity contribution in [3.63, 3.8) is 0 Å². The predicted molar refractivity (Wildman–Crippen MR) is 76.8 cm³/mol. The van der Waals surface area contributed by atoms with E-state index in [1.807, 2.05) is 24.3 Å². The van der Waals surface area contributed by atoms with E-state index < -0.39 is 0 Å². The first-order valence-corrected chi connectivity index (χ1v) is 6.94. The highest BCUT2D eigenvalue weighted by molar-refractivity contribution is 6.31. The predicted octanol–water partition coefficient (Wildman–Crippen LogP) is 3.08. The van der Waals surface area contributed by atoms with E-state index in [1.165, 1.54) is 32.1 Å². The van der Waals surface area contributed by atoms with Crippen LogP contribution in [0, 0.1) is 0 Å². The lowest BCUT2D eigenvalue weighted by Gasteiger charge is -2.19. The topological polar surface area (TPSA) is 50.4 Å². The van der Waals surface area contributed by atoms with Crippen LogP contribution in [0.5, 0.6) is 0 Å². The van der Waals surface area contributed by atoms with Crippen LogP contribution in [0.2, 0.25) is 5.02 Å². The molecule has 0 saturated heterocycles. The van der Waals surface area contributed by atoms with E-state index >= 15 is 0 Å². The van der Waals surface area contributed by atoms with Crippen LogP contribution in [0.25, 0.3) is 0 Å². The number of rotatable bonds is 3. The number of nitrogens with two attached hydrogens (primary N) is 1. The molecule has 0 spiro atoms. The third-order valence-corrected chi connectivity index (χ3v) is 3.76. The second kappa shape index (κ2) is 6.76. The van der Waals surface area contributed by atoms with Gasteiger partial charge in [-0.25, -0.2) is 5.84 Å². The van der Waals surface area contributed by atoms with Gasteiger partial charge in [-0.1, -0.05) is 49.1 Å². The zero-order valence-electron chi connectivity index (χ0n) is 10.5. The van der Waals surface area contributed by atoms with Crippen LogP contribution in [0.3, 0.4) is 0 Å². The molecular weight excluding hydrogens is 246 g/mol. The first-order chi connectivity index (χ1) is 8.79. The van der Waals surface area contributed by atoms with Crippen LogP contribution in [-0.2, 0) is 6.42 Å². The molecule has 1 saturated carbocycles. The highest BCUT2D eigenvalue weighted by Crippen LogP contribution is 2.21. The van der Waals surface area contributed by atoms with Crippen LogP contribution in [0.15, 0.2) is 29.3 Å². The lowest BCUT2D eigenvalue weighted by molar-refractivity contribution is 0.442. The highest BCUT2D eigenvalue weighted by Gasteiger charge is 2.13. The Balaban J connectivity index is 2.04. The minimum absolute atomic E-state index is 0.423. The Labute approximate surface area is 113 Å². The average molecular weight is 266 g/mol. The van der Waals surface area contributed by atoms with Gasteiger partial charge in [-0.05, 0) is 24.5 Å². The molecule has 0 bridgehead atoms. The average Bonchev–Trinajstić information content (AvgIpc) is 2.41. The molecule has 2 rings (SSSR count). The van der Waals surface area contributed by atoms with Gasteiger partial charge in [0.15, 0.2) is 0 Å². The molecule has 0 radical (unpaired) electrons. The van der Waals surface area contributed by atoms with E-state index in [0.29, 0.717) is 12.5 Å². The van der Waals surface area contributed by atoms with Crippen LogP contribution < -0.4 is 11.3 Å². The van der Waals surface area contributed by atoms with Gasteiger partial charge in [0.25, 0.3) is 0 Å². The van der Waals surface area contributed by atoms with Crippen molar-refractivity contribution in [2.75, 3.05) is 0 Å². The summed E-state index contributed by atoms with van der Waals surface area (Å²) < 4.78 is 0. The number of hydrogen-bond donors (Lipinski definition) is 2.